The first-order valence-electron chi connectivity index (χ1n) is 6.03. The first-order chi connectivity index (χ1) is 9.60. The van der Waals surface area contributed by atoms with E-state index < -0.39 is 11.6 Å². The highest BCUT2D eigenvalue weighted by Gasteiger charge is 2.10. The maximum atomic E-state index is 13.6. The molecule has 0 saturated heterocycles. The Bertz CT molecular complexity index is 621. The van der Waals surface area contributed by atoms with Crippen molar-refractivity contribution < 1.29 is 8.78 Å². The van der Waals surface area contributed by atoms with E-state index in [-0.39, 0.29) is 17.7 Å². The van der Waals surface area contributed by atoms with E-state index in [4.69, 9.17) is 5.26 Å². The van der Waals surface area contributed by atoms with Gasteiger partial charge in [0.25, 0.3) is 0 Å². The number of halogens is 2. The summed E-state index contributed by atoms with van der Waals surface area (Å²) in [6.45, 7) is 0.555. The molecule has 1 N–H and O–H groups in total. The van der Waals surface area contributed by atoms with Gasteiger partial charge in [-0.1, -0.05) is 0 Å². The third-order valence-corrected chi connectivity index (χ3v) is 2.74. The van der Waals surface area contributed by atoms with Crippen LogP contribution in [-0.2, 0) is 20.0 Å². The molecule has 0 aliphatic carbocycles. The molecule has 20 heavy (non-hydrogen) atoms. The maximum Gasteiger partial charge on any atom is 0.151 e. The molecule has 0 saturated carbocycles. The number of aryl methyl sites for hydroxylation is 1. The van der Waals surface area contributed by atoms with Crippen LogP contribution in [-0.4, -0.2) is 21.3 Å². The van der Waals surface area contributed by atoms with E-state index in [1.807, 2.05) is 0 Å². The summed E-state index contributed by atoms with van der Waals surface area (Å²) >= 11 is 0. The Kier molecular flexibility index (Phi) is 4.38. The highest BCUT2D eigenvalue weighted by Crippen LogP contribution is 2.14. The Morgan fingerprint density at radius 2 is 2.05 bits per heavy atom. The van der Waals surface area contributed by atoms with Crippen LogP contribution in [0.25, 0.3) is 0 Å². The monoisotopic (exact) mass is 277 g/mol. The van der Waals surface area contributed by atoms with Crippen LogP contribution in [0.1, 0.15) is 17.0 Å². The number of nitriles is 1. The van der Waals surface area contributed by atoms with Crippen molar-refractivity contribution in [3.05, 3.63) is 47.0 Å². The Labute approximate surface area is 114 Å². The molecule has 1 aromatic heterocycles. The van der Waals surface area contributed by atoms with Gasteiger partial charge in [0.15, 0.2) is 5.82 Å². The number of hydrogen-bond donors (Lipinski definition) is 1. The molecule has 1 heterocycles. The minimum atomic E-state index is -0.718. The van der Waals surface area contributed by atoms with Gasteiger partial charge >= 0.3 is 0 Å². The number of benzene rings is 1. The minimum absolute atomic E-state index is 0.0264. The maximum absolute atomic E-state index is 13.6. The van der Waals surface area contributed by atoms with E-state index in [1.165, 1.54) is 0 Å². The van der Waals surface area contributed by atoms with E-state index in [1.54, 1.807) is 24.1 Å². The normalized spacial score (nSPS) is 10.5. The molecule has 0 atom stereocenters. The highest BCUT2D eigenvalue weighted by molar-refractivity contribution is 5.34. The smallest absolute Gasteiger partial charge is 0.151 e. The average molecular weight is 277 g/mol. The number of nitrogens with zero attached hydrogens (tertiary/aromatic N) is 4. The molecule has 0 amide bonds. The molecule has 0 aliphatic rings. The lowest BCUT2D eigenvalue weighted by Crippen LogP contribution is -2.19. The molecule has 0 fully saturated rings. The van der Waals surface area contributed by atoms with Gasteiger partial charge in [-0.15, -0.1) is 0 Å². The second-order valence-corrected chi connectivity index (χ2v) is 4.29. The zero-order chi connectivity index (χ0) is 14.5. The number of nitrogens with one attached hydrogen (secondary N) is 1. The summed E-state index contributed by atoms with van der Waals surface area (Å²) in [6.07, 6.45) is 2.16. The molecule has 0 bridgehead atoms. The van der Waals surface area contributed by atoms with Crippen LogP contribution >= 0.6 is 0 Å². The van der Waals surface area contributed by atoms with Gasteiger partial charge in [0.1, 0.15) is 18.0 Å². The minimum Gasteiger partial charge on any atom is -0.312 e. The molecule has 104 valence electrons. The molecule has 0 unspecified atom stereocenters. The number of aromatic nitrogens is 3. The molecular weight excluding hydrogens is 264 g/mol. The Balaban J connectivity index is 1.90. The number of rotatable bonds is 5. The number of hydrogen-bond acceptors (Lipinski definition) is 4. The second kappa shape index (κ2) is 6.21. The van der Waals surface area contributed by atoms with Crippen molar-refractivity contribution in [3.8, 4) is 6.07 Å². The van der Waals surface area contributed by atoms with Crippen molar-refractivity contribution in [2.24, 2.45) is 7.05 Å². The quantitative estimate of drug-likeness (QED) is 0.836. The van der Waals surface area contributed by atoms with Gasteiger partial charge < -0.3 is 5.32 Å². The van der Waals surface area contributed by atoms with Crippen LogP contribution in [0.2, 0.25) is 0 Å². The molecule has 1 aromatic carbocycles. The van der Waals surface area contributed by atoms with Crippen LogP contribution in [0.5, 0.6) is 0 Å². The predicted molar refractivity (Wildman–Crippen MR) is 67.5 cm³/mol. The summed E-state index contributed by atoms with van der Waals surface area (Å²) in [5.74, 6) is -0.768. The van der Waals surface area contributed by atoms with E-state index in [9.17, 15) is 8.78 Å². The standard InChI is InChI=1S/C13H13F2N5/c1-20-8-18-13(19-20)2-3-17-7-10-11(14)4-9(6-16)5-12(10)15/h4-5,8,17H,2-3,7H2,1H3. The molecule has 0 spiro atoms. The Hall–Kier alpha value is -2.33. The van der Waals surface area contributed by atoms with E-state index in [0.717, 1.165) is 12.1 Å². The summed E-state index contributed by atoms with van der Waals surface area (Å²) < 4.78 is 28.8. The van der Waals surface area contributed by atoms with Gasteiger partial charge in [-0.25, -0.2) is 13.8 Å². The second-order valence-electron chi connectivity index (χ2n) is 4.29. The van der Waals surface area contributed by atoms with Crippen LogP contribution in [0.3, 0.4) is 0 Å². The lowest BCUT2D eigenvalue weighted by molar-refractivity contribution is 0.534. The van der Waals surface area contributed by atoms with Crippen LogP contribution < -0.4 is 5.32 Å². The van der Waals surface area contributed by atoms with Gasteiger partial charge in [-0.3, -0.25) is 4.68 Å². The topological polar surface area (TPSA) is 66.5 Å². The van der Waals surface area contributed by atoms with Crippen molar-refractivity contribution in [1.82, 2.24) is 20.1 Å². The molecule has 0 aliphatic heterocycles. The van der Waals surface area contributed by atoms with Gasteiger partial charge in [0, 0.05) is 32.1 Å². The summed E-state index contributed by atoms with van der Waals surface area (Å²) in [5, 5.41) is 15.6. The van der Waals surface area contributed by atoms with E-state index >= 15 is 0 Å². The highest BCUT2D eigenvalue weighted by atomic mass is 19.1. The lowest BCUT2D eigenvalue weighted by Gasteiger charge is -2.06. The average Bonchev–Trinajstić information content (AvgIpc) is 2.82. The molecular formula is C13H13F2N5. The summed E-state index contributed by atoms with van der Waals surface area (Å²) in [4.78, 5) is 4.05. The fourth-order valence-electron chi connectivity index (χ4n) is 1.75. The molecule has 7 heteroatoms. The van der Waals surface area contributed by atoms with Crippen LogP contribution in [0, 0.1) is 23.0 Å². The van der Waals surface area contributed by atoms with Crippen LogP contribution in [0.4, 0.5) is 8.78 Å². The summed E-state index contributed by atoms with van der Waals surface area (Å²) in [5.41, 5.74) is -0.0978. The van der Waals surface area contributed by atoms with Crippen molar-refractivity contribution in [2.45, 2.75) is 13.0 Å². The molecule has 2 rings (SSSR count). The molecule has 5 nitrogen and oxygen atoms in total. The first-order valence-corrected chi connectivity index (χ1v) is 6.03. The van der Waals surface area contributed by atoms with E-state index in [0.29, 0.717) is 18.8 Å². The van der Waals surface area contributed by atoms with Gasteiger partial charge in [0.2, 0.25) is 0 Å². The first kappa shape index (κ1) is 14.1. The summed E-state index contributed by atoms with van der Waals surface area (Å²) in [7, 11) is 1.77. The SMILES string of the molecule is Cn1cnc(CCNCc2c(F)cc(C#N)cc2F)n1. The van der Waals surface area contributed by atoms with Crippen LogP contribution in [0.15, 0.2) is 18.5 Å². The van der Waals surface area contributed by atoms with E-state index in [2.05, 4.69) is 15.4 Å². The van der Waals surface area contributed by atoms with Gasteiger partial charge in [0.05, 0.1) is 11.6 Å². The zero-order valence-corrected chi connectivity index (χ0v) is 10.9. The molecule has 0 radical (unpaired) electrons. The fourth-order valence-corrected chi connectivity index (χ4v) is 1.75. The third-order valence-electron chi connectivity index (χ3n) is 2.74. The van der Waals surface area contributed by atoms with Crippen molar-refractivity contribution in [1.29, 1.82) is 5.26 Å². The zero-order valence-electron chi connectivity index (χ0n) is 10.9. The third kappa shape index (κ3) is 3.36. The predicted octanol–water partition coefficient (Wildman–Crippen LogP) is 1.30. The van der Waals surface area contributed by atoms with Gasteiger partial charge in [-0.05, 0) is 12.1 Å². The largest absolute Gasteiger partial charge is 0.312 e. The van der Waals surface area contributed by atoms with Crippen molar-refractivity contribution >= 4 is 0 Å². The Morgan fingerprint density at radius 3 is 2.60 bits per heavy atom. The summed E-state index contributed by atoms with van der Waals surface area (Å²) in [6, 6.07) is 3.76. The van der Waals surface area contributed by atoms with Gasteiger partial charge in [-0.2, -0.15) is 10.4 Å². The Morgan fingerprint density at radius 1 is 1.35 bits per heavy atom. The van der Waals surface area contributed by atoms with Crippen molar-refractivity contribution in [3.63, 3.8) is 0 Å². The fraction of sp³-hybridized carbons (Fsp3) is 0.308. The molecule has 2 aromatic rings. The van der Waals surface area contributed by atoms with Crippen molar-refractivity contribution in [2.75, 3.05) is 6.54 Å². The lowest BCUT2D eigenvalue weighted by atomic mass is 10.1.